The maximum absolute atomic E-state index is 14.1. The smallest absolute Gasteiger partial charge is 0.338 e. The number of carbonyl (C=O) groups excluding carboxylic acids is 1. The van der Waals surface area contributed by atoms with Gasteiger partial charge >= 0.3 is 5.97 Å². The van der Waals surface area contributed by atoms with Crippen LogP contribution in [0, 0.1) is 5.82 Å². The minimum atomic E-state index is -1.28. The molecule has 1 saturated heterocycles. The molecule has 0 aliphatic carbocycles. The van der Waals surface area contributed by atoms with Gasteiger partial charge in [0, 0.05) is 56.5 Å². The van der Waals surface area contributed by atoms with E-state index in [9.17, 15) is 14.0 Å². The van der Waals surface area contributed by atoms with Crippen molar-refractivity contribution in [1.82, 2.24) is 9.55 Å². The molecule has 36 heavy (non-hydrogen) atoms. The second kappa shape index (κ2) is 9.69. The number of amides is 1. The Morgan fingerprint density at radius 2 is 1.78 bits per heavy atom. The molecule has 4 aromatic rings. The average Bonchev–Trinajstić information content (AvgIpc) is 3.31. The number of hydrogen-bond acceptors (Lipinski definition) is 5. The molecule has 1 amide bonds. The molecule has 8 nitrogen and oxygen atoms in total. The first-order chi connectivity index (χ1) is 17.4. The highest BCUT2D eigenvalue weighted by Gasteiger charge is 2.20. The van der Waals surface area contributed by atoms with E-state index < -0.39 is 11.8 Å². The Morgan fingerprint density at radius 1 is 1.00 bits per heavy atom. The largest absolute Gasteiger partial charge is 0.478 e. The van der Waals surface area contributed by atoms with Crippen molar-refractivity contribution >= 4 is 40.0 Å². The van der Waals surface area contributed by atoms with Crippen molar-refractivity contribution in [3.63, 3.8) is 0 Å². The van der Waals surface area contributed by atoms with Crippen LogP contribution in [0.3, 0.4) is 0 Å². The first kappa shape index (κ1) is 23.3. The van der Waals surface area contributed by atoms with Crippen LogP contribution in [0.5, 0.6) is 0 Å². The van der Waals surface area contributed by atoms with Crippen molar-refractivity contribution in [3.05, 3.63) is 83.9 Å². The number of nitrogens with one attached hydrogen (secondary N) is 1. The third kappa shape index (κ3) is 4.59. The fourth-order valence-electron chi connectivity index (χ4n) is 4.52. The van der Waals surface area contributed by atoms with Gasteiger partial charge in [0.25, 0.3) is 5.91 Å². The number of halogens is 1. The number of carboxylic acids is 1. The van der Waals surface area contributed by atoms with Gasteiger partial charge in [0.15, 0.2) is 0 Å². The van der Waals surface area contributed by atoms with Crippen LogP contribution in [-0.4, -0.2) is 52.7 Å². The lowest BCUT2D eigenvalue weighted by Gasteiger charge is -2.36. The van der Waals surface area contributed by atoms with Gasteiger partial charge in [-0.15, -0.1) is 0 Å². The van der Waals surface area contributed by atoms with E-state index in [0.717, 1.165) is 29.0 Å². The lowest BCUT2D eigenvalue weighted by Crippen LogP contribution is -2.46. The van der Waals surface area contributed by atoms with E-state index >= 15 is 0 Å². The van der Waals surface area contributed by atoms with Gasteiger partial charge in [0.1, 0.15) is 11.6 Å². The first-order valence-electron chi connectivity index (χ1n) is 11.8. The number of aromatic nitrogens is 2. The first-order valence-corrected chi connectivity index (χ1v) is 11.8. The monoisotopic (exact) mass is 487 g/mol. The number of pyridine rings is 1. The van der Waals surface area contributed by atoms with Gasteiger partial charge in [-0.2, -0.15) is 0 Å². The number of carbonyl (C=O) groups is 2. The van der Waals surface area contributed by atoms with Gasteiger partial charge < -0.3 is 24.8 Å². The highest BCUT2D eigenvalue weighted by molar-refractivity contribution is 6.05. The number of nitrogens with zero attached hydrogens (tertiary/aromatic N) is 4. The highest BCUT2D eigenvalue weighted by atomic mass is 19.1. The zero-order valence-corrected chi connectivity index (χ0v) is 19.8. The van der Waals surface area contributed by atoms with Crippen LogP contribution < -0.4 is 15.1 Å². The summed E-state index contributed by atoms with van der Waals surface area (Å²) in [4.78, 5) is 32.4. The second-order valence-corrected chi connectivity index (χ2v) is 8.68. The maximum atomic E-state index is 14.1. The van der Waals surface area contributed by atoms with E-state index in [1.807, 2.05) is 35.4 Å². The molecule has 0 saturated carbocycles. The van der Waals surface area contributed by atoms with Crippen molar-refractivity contribution in [2.24, 2.45) is 0 Å². The minimum Gasteiger partial charge on any atom is -0.478 e. The SMILES string of the molecule is CCn1ccc2ccc(NC(=O)c3ccc(N4CCN(c5ccc(C(=O)O)c(F)c5)CC4)nc3)cc21. The Balaban J connectivity index is 1.20. The fourth-order valence-corrected chi connectivity index (χ4v) is 4.52. The molecule has 0 atom stereocenters. The number of benzene rings is 2. The van der Waals surface area contributed by atoms with Gasteiger partial charge in [-0.1, -0.05) is 6.07 Å². The quantitative estimate of drug-likeness (QED) is 0.417. The molecule has 1 aliphatic heterocycles. The standard InChI is InChI=1S/C27H26FN5O3/c1-2-31-10-9-18-3-5-20(15-24(18)31)30-26(34)19-4-8-25(29-17-19)33-13-11-32(12-14-33)21-6-7-22(27(35)36)23(28)16-21/h3-10,15-17H,2,11-14H2,1H3,(H,30,34)(H,35,36). The molecule has 1 aliphatic rings. The Kier molecular flexibility index (Phi) is 6.28. The molecule has 5 rings (SSSR count). The summed E-state index contributed by atoms with van der Waals surface area (Å²) in [5, 5.41) is 13.1. The summed E-state index contributed by atoms with van der Waals surface area (Å²) < 4.78 is 16.2. The Hall–Kier alpha value is -4.40. The predicted molar refractivity (Wildman–Crippen MR) is 138 cm³/mol. The van der Waals surface area contributed by atoms with E-state index in [2.05, 4.69) is 32.8 Å². The van der Waals surface area contributed by atoms with E-state index in [0.29, 0.717) is 37.4 Å². The number of hydrogen-bond donors (Lipinski definition) is 2. The van der Waals surface area contributed by atoms with Gasteiger partial charge in [0.05, 0.1) is 16.6 Å². The van der Waals surface area contributed by atoms with Crippen LogP contribution in [0.2, 0.25) is 0 Å². The van der Waals surface area contributed by atoms with Crippen molar-refractivity contribution in [2.75, 3.05) is 41.3 Å². The maximum Gasteiger partial charge on any atom is 0.338 e. The summed E-state index contributed by atoms with van der Waals surface area (Å²) in [5.74, 6) is -1.47. The number of aromatic carboxylic acids is 1. The van der Waals surface area contributed by atoms with Crippen molar-refractivity contribution in [1.29, 1.82) is 0 Å². The molecule has 3 heterocycles. The molecule has 2 aromatic carbocycles. The van der Waals surface area contributed by atoms with E-state index in [-0.39, 0.29) is 11.5 Å². The lowest BCUT2D eigenvalue weighted by atomic mass is 10.1. The molecule has 9 heteroatoms. The topological polar surface area (TPSA) is 90.7 Å². The van der Waals surface area contributed by atoms with Crippen molar-refractivity contribution in [3.8, 4) is 0 Å². The molecular weight excluding hydrogens is 461 g/mol. The molecule has 0 spiro atoms. The second-order valence-electron chi connectivity index (χ2n) is 8.68. The summed E-state index contributed by atoms with van der Waals surface area (Å²) in [7, 11) is 0. The summed E-state index contributed by atoms with van der Waals surface area (Å²) >= 11 is 0. The van der Waals surface area contributed by atoms with Crippen molar-refractivity contribution < 1.29 is 19.1 Å². The number of rotatable bonds is 6. The summed E-state index contributed by atoms with van der Waals surface area (Å²) in [5.41, 5.74) is 2.60. The van der Waals surface area contributed by atoms with Crippen LogP contribution in [0.15, 0.2) is 67.0 Å². The predicted octanol–water partition coefficient (Wildman–Crippen LogP) is 4.47. The van der Waals surface area contributed by atoms with E-state index in [4.69, 9.17) is 5.11 Å². The number of anilines is 3. The minimum absolute atomic E-state index is 0.223. The normalized spacial score (nSPS) is 13.7. The van der Waals surface area contributed by atoms with Crippen LogP contribution >= 0.6 is 0 Å². The van der Waals surface area contributed by atoms with Crippen LogP contribution in [-0.2, 0) is 6.54 Å². The molecule has 0 radical (unpaired) electrons. The zero-order chi connectivity index (χ0) is 25.2. The van der Waals surface area contributed by atoms with Gasteiger partial charge in [-0.3, -0.25) is 4.79 Å². The summed E-state index contributed by atoms with van der Waals surface area (Å²) in [6, 6.07) is 15.7. The fraction of sp³-hybridized carbons (Fsp3) is 0.222. The van der Waals surface area contributed by atoms with Crippen LogP contribution in [0.4, 0.5) is 21.6 Å². The van der Waals surface area contributed by atoms with Gasteiger partial charge in [0.2, 0.25) is 0 Å². The summed E-state index contributed by atoms with van der Waals surface area (Å²) in [6.07, 6.45) is 3.61. The molecule has 0 unspecified atom stereocenters. The van der Waals surface area contributed by atoms with E-state index in [1.165, 1.54) is 12.1 Å². The van der Waals surface area contributed by atoms with E-state index in [1.54, 1.807) is 18.3 Å². The van der Waals surface area contributed by atoms with Gasteiger partial charge in [-0.25, -0.2) is 14.2 Å². The van der Waals surface area contributed by atoms with Gasteiger partial charge in [-0.05, 0) is 60.8 Å². The molecule has 2 N–H and O–H groups in total. The van der Waals surface area contributed by atoms with Crippen molar-refractivity contribution in [2.45, 2.75) is 13.5 Å². The highest BCUT2D eigenvalue weighted by Crippen LogP contribution is 2.23. The Bertz CT molecular complexity index is 1430. The number of fused-ring (bicyclic) bond motifs is 1. The third-order valence-corrected chi connectivity index (χ3v) is 6.53. The summed E-state index contributed by atoms with van der Waals surface area (Å²) in [6.45, 7) is 5.54. The lowest BCUT2D eigenvalue weighted by molar-refractivity contribution is 0.0691. The van der Waals surface area contributed by atoms with Crippen LogP contribution in [0.25, 0.3) is 10.9 Å². The number of piperazine rings is 1. The zero-order valence-electron chi connectivity index (χ0n) is 19.8. The molecule has 0 bridgehead atoms. The third-order valence-electron chi connectivity index (χ3n) is 6.53. The molecule has 184 valence electrons. The number of carboxylic acid groups (broad SMARTS) is 1. The average molecular weight is 488 g/mol. The Morgan fingerprint density at radius 3 is 2.44 bits per heavy atom. The molecular formula is C27H26FN5O3. The molecule has 2 aromatic heterocycles. The molecule has 1 fully saturated rings. The van der Waals surface area contributed by atoms with Crippen LogP contribution in [0.1, 0.15) is 27.6 Å². The Labute approximate surface area is 207 Å². The number of aryl methyl sites for hydroxylation is 1.